The van der Waals surface area contributed by atoms with Gasteiger partial charge in [0, 0.05) is 60.8 Å². The maximum atomic E-state index is 12.3. The molecule has 3 aromatic heterocycles. The van der Waals surface area contributed by atoms with Crippen molar-refractivity contribution in [3.63, 3.8) is 0 Å². The average Bonchev–Trinajstić information content (AvgIpc) is 2.71. The molecule has 0 aliphatic rings. The Morgan fingerprint density at radius 2 is 1.89 bits per heavy atom. The van der Waals surface area contributed by atoms with Gasteiger partial charge in [0.2, 0.25) is 5.95 Å². The number of nitrogens with zero attached hydrogens (tertiary/aromatic N) is 3. The molecule has 0 fully saturated rings. The second kappa shape index (κ2) is 7.78. The van der Waals surface area contributed by atoms with Crippen LogP contribution in [0.4, 0.5) is 5.95 Å². The van der Waals surface area contributed by atoms with Gasteiger partial charge in [-0.25, -0.2) is 4.98 Å². The first-order valence-electron chi connectivity index (χ1n) is 8.83. The van der Waals surface area contributed by atoms with Crippen molar-refractivity contribution >= 4 is 16.7 Å². The lowest BCUT2D eigenvalue weighted by atomic mass is 10.1. The van der Waals surface area contributed by atoms with Crippen LogP contribution in [-0.4, -0.2) is 26.5 Å². The predicted octanol–water partition coefficient (Wildman–Crippen LogP) is 2.96. The SMILES string of the molecule is O=c1[nH]c(NCCc2nccc3ccccc23)ncc1Cc1cccnc1. The van der Waals surface area contributed by atoms with Gasteiger partial charge in [-0.2, -0.15) is 0 Å². The lowest BCUT2D eigenvalue weighted by Crippen LogP contribution is -2.18. The van der Waals surface area contributed by atoms with Crippen LogP contribution in [-0.2, 0) is 12.8 Å². The van der Waals surface area contributed by atoms with E-state index in [0.717, 1.165) is 23.1 Å². The Morgan fingerprint density at radius 1 is 0.963 bits per heavy atom. The summed E-state index contributed by atoms with van der Waals surface area (Å²) in [5, 5.41) is 5.49. The molecule has 1 aromatic carbocycles. The topological polar surface area (TPSA) is 83.6 Å². The van der Waals surface area contributed by atoms with Gasteiger partial charge in [-0.3, -0.25) is 19.7 Å². The maximum Gasteiger partial charge on any atom is 0.255 e. The van der Waals surface area contributed by atoms with Crippen molar-refractivity contribution in [3.8, 4) is 0 Å². The number of aromatic nitrogens is 4. The molecular weight excluding hydrogens is 338 g/mol. The van der Waals surface area contributed by atoms with Gasteiger partial charge in [0.05, 0.1) is 0 Å². The average molecular weight is 357 g/mol. The fourth-order valence-corrected chi connectivity index (χ4v) is 3.04. The van der Waals surface area contributed by atoms with Crippen LogP contribution >= 0.6 is 0 Å². The molecule has 0 saturated heterocycles. The molecule has 27 heavy (non-hydrogen) atoms. The Balaban J connectivity index is 1.41. The number of H-pyrrole nitrogens is 1. The van der Waals surface area contributed by atoms with E-state index in [9.17, 15) is 4.79 Å². The van der Waals surface area contributed by atoms with Crippen LogP contribution in [0.2, 0.25) is 0 Å². The first kappa shape index (κ1) is 16.9. The monoisotopic (exact) mass is 357 g/mol. The standard InChI is InChI=1S/C21H19N5O/c27-20-17(12-15-4-3-9-22-13-15)14-25-21(26-20)24-11-8-19-18-6-2-1-5-16(18)7-10-23-19/h1-7,9-10,13-14H,8,11-12H2,(H2,24,25,26,27). The molecule has 4 rings (SSSR count). The van der Waals surface area contributed by atoms with E-state index in [0.29, 0.717) is 24.5 Å². The molecule has 0 unspecified atom stereocenters. The van der Waals surface area contributed by atoms with Crippen molar-refractivity contribution in [1.82, 2.24) is 19.9 Å². The molecule has 0 aliphatic carbocycles. The second-order valence-electron chi connectivity index (χ2n) is 6.28. The Bertz CT molecular complexity index is 1100. The van der Waals surface area contributed by atoms with Gasteiger partial charge in [0.25, 0.3) is 5.56 Å². The quantitative estimate of drug-likeness (QED) is 0.554. The summed E-state index contributed by atoms with van der Waals surface area (Å²) in [5.41, 5.74) is 2.48. The summed E-state index contributed by atoms with van der Waals surface area (Å²) in [7, 11) is 0. The van der Waals surface area contributed by atoms with Crippen molar-refractivity contribution in [2.45, 2.75) is 12.8 Å². The summed E-state index contributed by atoms with van der Waals surface area (Å²) in [6.45, 7) is 0.631. The number of fused-ring (bicyclic) bond motifs is 1. The number of hydrogen-bond acceptors (Lipinski definition) is 5. The normalized spacial score (nSPS) is 10.8. The van der Waals surface area contributed by atoms with Crippen molar-refractivity contribution < 1.29 is 0 Å². The summed E-state index contributed by atoms with van der Waals surface area (Å²) >= 11 is 0. The van der Waals surface area contributed by atoms with Crippen LogP contribution in [0.5, 0.6) is 0 Å². The predicted molar refractivity (Wildman–Crippen MR) is 106 cm³/mol. The Hall–Kier alpha value is -3.54. The number of rotatable bonds is 6. The second-order valence-corrected chi connectivity index (χ2v) is 6.28. The van der Waals surface area contributed by atoms with Crippen LogP contribution in [0.15, 0.2) is 72.0 Å². The van der Waals surface area contributed by atoms with Gasteiger partial charge < -0.3 is 5.32 Å². The fourth-order valence-electron chi connectivity index (χ4n) is 3.04. The highest BCUT2D eigenvalue weighted by Gasteiger charge is 2.05. The Morgan fingerprint density at radius 3 is 2.74 bits per heavy atom. The van der Waals surface area contributed by atoms with Gasteiger partial charge in [-0.05, 0) is 23.1 Å². The Kier molecular flexibility index (Phi) is 4.87. The van der Waals surface area contributed by atoms with Crippen LogP contribution in [0, 0.1) is 0 Å². The highest BCUT2D eigenvalue weighted by atomic mass is 16.1. The number of benzene rings is 1. The van der Waals surface area contributed by atoms with Crippen LogP contribution in [0.3, 0.4) is 0 Å². The van der Waals surface area contributed by atoms with Crippen LogP contribution in [0.1, 0.15) is 16.8 Å². The van der Waals surface area contributed by atoms with Crippen LogP contribution in [0.25, 0.3) is 10.8 Å². The molecule has 0 radical (unpaired) electrons. The van der Waals surface area contributed by atoms with Gasteiger partial charge in [-0.1, -0.05) is 30.3 Å². The first-order valence-corrected chi connectivity index (χ1v) is 8.83. The zero-order valence-corrected chi connectivity index (χ0v) is 14.7. The third kappa shape index (κ3) is 4.00. The molecular formula is C21H19N5O. The summed E-state index contributed by atoms with van der Waals surface area (Å²) in [6.07, 6.45) is 8.15. The van der Waals surface area contributed by atoms with Crippen molar-refractivity contribution in [2.24, 2.45) is 0 Å². The first-order chi connectivity index (χ1) is 13.3. The van der Waals surface area contributed by atoms with Crippen molar-refractivity contribution in [2.75, 3.05) is 11.9 Å². The zero-order valence-electron chi connectivity index (χ0n) is 14.7. The minimum Gasteiger partial charge on any atom is -0.355 e. The van der Waals surface area contributed by atoms with Gasteiger partial charge in [0.15, 0.2) is 0 Å². The number of anilines is 1. The van der Waals surface area contributed by atoms with E-state index in [1.165, 1.54) is 5.39 Å². The largest absolute Gasteiger partial charge is 0.355 e. The van der Waals surface area contributed by atoms with Gasteiger partial charge >= 0.3 is 0 Å². The molecule has 0 bridgehead atoms. The molecule has 0 amide bonds. The summed E-state index contributed by atoms with van der Waals surface area (Å²) in [5.74, 6) is 0.468. The maximum absolute atomic E-state index is 12.3. The highest BCUT2D eigenvalue weighted by molar-refractivity contribution is 5.84. The van der Waals surface area contributed by atoms with E-state index >= 15 is 0 Å². The molecule has 0 saturated carbocycles. The molecule has 3 heterocycles. The molecule has 6 heteroatoms. The van der Waals surface area contributed by atoms with Gasteiger partial charge in [0.1, 0.15) is 0 Å². The highest BCUT2D eigenvalue weighted by Crippen LogP contribution is 2.16. The third-order valence-electron chi connectivity index (χ3n) is 4.40. The molecule has 4 aromatic rings. The van der Waals surface area contributed by atoms with Crippen molar-refractivity contribution in [3.05, 3.63) is 94.4 Å². The van der Waals surface area contributed by atoms with Crippen LogP contribution < -0.4 is 10.9 Å². The molecule has 2 N–H and O–H groups in total. The smallest absolute Gasteiger partial charge is 0.255 e. The summed E-state index contributed by atoms with van der Waals surface area (Å²) in [6, 6.07) is 14.0. The van der Waals surface area contributed by atoms with Crippen molar-refractivity contribution in [1.29, 1.82) is 0 Å². The third-order valence-corrected chi connectivity index (χ3v) is 4.40. The Labute approximate surface area is 156 Å². The lowest BCUT2D eigenvalue weighted by Gasteiger charge is -2.08. The van der Waals surface area contributed by atoms with E-state index < -0.39 is 0 Å². The lowest BCUT2D eigenvalue weighted by molar-refractivity contribution is 0.937. The molecule has 6 nitrogen and oxygen atoms in total. The van der Waals surface area contributed by atoms with Gasteiger partial charge in [-0.15, -0.1) is 0 Å². The fraction of sp³-hybridized carbons (Fsp3) is 0.143. The molecule has 0 spiro atoms. The van der Waals surface area contributed by atoms with E-state index in [1.807, 2.05) is 36.5 Å². The number of aromatic amines is 1. The van der Waals surface area contributed by atoms with E-state index in [4.69, 9.17) is 0 Å². The molecule has 0 atom stereocenters. The summed E-state index contributed by atoms with van der Waals surface area (Å²) < 4.78 is 0. The molecule has 134 valence electrons. The molecule has 0 aliphatic heterocycles. The minimum absolute atomic E-state index is 0.139. The minimum atomic E-state index is -0.139. The van der Waals surface area contributed by atoms with E-state index in [-0.39, 0.29) is 5.56 Å². The number of hydrogen-bond donors (Lipinski definition) is 2. The van der Waals surface area contributed by atoms with E-state index in [1.54, 1.807) is 18.6 Å². The number of pyridine rings is 2. The zero-order chi connectivity index (χ0) is 18.5. The summed E-state index contributed by atoms with van der Waals surface area (Å²) in [4.78, 5) is 28.0. The van der Waals surface area contributed by atoms with E-state index in [2.05, 4.69) is 37.4 Å². The number of nitrogens with one attached hydrogen (secondary N) is 2.